The van der Waals surface area contributed by atoms with E-state index in [0.717, 1.165) is 0 Å². The number of nitrogens with one attached hydrogen (secondary N) is 7. The first kappa shape index (κ1) is 42.8. The Morgan fingerprint density at radius 3 is 1.88 bits per heavy atom. The van der Waals surface area contributed by atoms with Gasteiger partial charge in [-0.2, -0.15) is 0 Å². The van der Waals surface area contributed by atoms with E-state index in [4.69, 9.17) is 11.5 Å². The second-order valence-electron chi connectivity index (χ2n) is 12.8. The third-order valence-electron chi connectivity index (χ3n) is 7.11. The van der Waals surface area contributed by atoms with Crippen molar-refractivity contribution < 1.29 is 38.7 Å². The molecule has 0 saturated heterocycles. The first-order valence-corrected chi connectivity index (χ1v) is 16.4. The van der Waals surface area contributed by atoms with E-state index in [0.29, 0.717) is 5.69 Å². The first-order valence-electron chi connectivity index (χ1n) is 16.4. The van der Waals surface area contributed by atoms with Gasteiger partial charge >= 0.3 is 5.97 Å². The molecule has 12 N–H and O–H groups in total. The predicted molar refractivity (Wildman–Crippen MR) is 183 cm³/mol. The molecule has 1 heterocycles. The lowest BCUT2D eigenvalue weighted by Crippen LogP contribution is -2.57. The molecule has 0 saturated carbocycles. The molecule has 0 bridgehead atoms. The van der Waals surface area contributed by atoms with Crippen LogP contribution in [0.2, 0.25) is 0 Å². The van der Waals surface area contributed by atoms with Crippen LogP contribution in [-0.4, -0.2) is 106 Å². The fourth-order valence-corrected chi connectivity index (χ4v) is 4.73. The summed E-state index contributed by atoms with van der Waals surface area (Å²) in [6.45, 7) is 9.62. The fourth-order valence-electron chi connectivity index (χ4n) is 4.73. The van der Waals surface area contributed by atoms with E-state index >= 15 is 0 Å². The van der Waals surface area contributed by atoms with Crippen LogP contribution in [0, 0.1) is 11.8 Å². The van der Waals surface area contributed by atoms with Gasteiger partial charge in [0.25, 0.3) is 0 Å². The molecule has 280 valence electrons. The zero-order chi connectivity index (χ0) is 38.0. The van der Waals surface area contributed by atoms with Crippen molar-refractivity contribution in [3.8, 4) is 0 Å². The number of nitrogens with zero attached hydrogens (tertiary/aromatic N) is 2. The molecular formula is C31H53N11O8. The molecule has 0 radical (unpaired) electrons. The highest BCUT2D eigenvalue weighted by Crippen LogP contribution is 2.09. The van der Waals surface area contributed by atoms with Crippen molar-refractivity contribution in [2.75, 3.05) is 13.1 Å². The van der Waals surface area contributed by atoms with Crippen molar-refractivity contribution in [1.82, 2.24) is 41.9 Å². The first-order chi connectivity index (χ1) is 23.4. The molecular weight excluding hydrogens is 654 g/mol. The number of H-pyrrole nitrogens is 1. The Bertz CT molecular complexity index is 1330. The van der Waals surface area contributed by atoms with Crippen LogP contribution >= 0.6 is 0 Å². The maximum absolute atomic E-state index is 13.2. The molecule has 19 nitrogen and oxygen atoms in total. The van der Waals surface area contributed by atoms with Crippen LogP contribution in [0.15, 0.2) is 17.5 Å². The lowest BCUT2D eigenvalue weighted by Gasteiger charge is -2.25. The number of nitrogens with two attached hydrogens (primary N) is 2. The second kappa shape index (κ2) is 21.7. The summed E-state index contributed by atoms with van der Waals surface area (Å²) in [4.78, 5) is 98.9. The van der Waals surface area contributed by atoms with Crippen molar-refractivity contribution >= 4 is 47.4 Å². The number of amides is 6. The molecule has 0 aliphatic heterocycles. The molecule has 5 atom stereocenters. The van der Waals surface area contributed by atoms with E-state index in [2.05, 4.69) is 46.9 Å². The van der Waals surface area contributed by atoms with Crippen LogP contribution in [0.1, 0.15) is 72.9 Å². The lowest BCUT2D eigenvalue weighted by molar-refractivity contribution is -0.142. The molecule has 1 aromatic rings. The Balaban J connectivity index is 2.82. The lowest BCUT2D eigenvalue weighted by atomic mass is 10.0. The smallest absolute Gasteiger partial charge is 0.326 e. The number of aliphatic carboxylic acids is 1. The minimum absolute atomic E-state index is 0.0304. The van der Waals surface area contributed by atoms with Crippen LogP contribution in [0.3, 0.4) is 0 Å². The van der Waals surface area contributed by atoms with Gasteiger partial charge in [0, 0.05) is 31.8 Å². The Morgan fingerprint density at radius 1 is 0.800 bits per heavy atom. The van der Waals surface area contributed by atoms with E-state index < -0.39 is 78.2 Å². The highest BCUT2D eigenvalue weighted by Gasteiger charge is 2.30. The maximum atomic E-state index is 13.2. The fraction of sp³-hybridized carbons (Fsp3) is 0.645. The van der Waals surface area contributed by atoms with Gasteiger partial charge in [0.15, 0.2) is 5.96 Å². The van der Waals surface area contributed by atoms with Crippen LogP contribution in [-0.2, 0) is 40.0 Å². The monoisotopic (exact) mass is 707 g/mol. The third kappa shape index (κ3) is 17.3. The summed E-state index contributed by atoms with van der Waals surface area (Å²) in [5, 5.41) is 24.7. The highest BCUT2D eigenvalue weighted by molar-refractivity contribution is 5.95. The number of carboxylic acid groups (broad SMARTS) is 1. The van der Waals surface area contributed by atoms with E-state index in [1.807, 2.05) is 27.7 Å². The summed E-state index contributed by atoms with van der Waals surface area (Å²) >= 11 is 0. The molecule has 1 rings (SSSR count). The minimum Gasteiger partial charge on any atom is -0.480 e. The average molecular weight is 708 g/mol. The molecule has 6 amide bonds. The Kier molecular flexibility index (Phi) is 18.6. The largest absolute Gasteiger partial charge is 0.480 e. The zero-order valence-corrected chi connectivity index (χ0v) is 29.5. The van der Waals surface area contributed by atoms with E-state index in [1.54, 1.807) is 0 Å². The van der Waals surface area contributed by atoms with Crippen LogP contribution in [0.5, 0.6) is 0 Å². The van der Waals surface area contributed by atoms with Gasteiger partial charge in [0.1, 0.15) is 30.2 Å². The van der Waals surface area contributed by atoms with Crippen LogP contribution in [0.25, 0.3) is 0 Å². The number of aromatic nitrogens is 2. The third-order valence-corrected chi connectivity index (χ3v) is 7.11. The van der Waals surface area contributed by atoms with E-state index in [-0.39, 0.29) is 56.4 Å². The summed E-state index contributed by atoms with van der Waals surface area (Å²) in [5.74, 6) is -5.34. The summed E-state index contributed by atoms with van der Waals surface area (Å²) in [7, 11) is 0. The Morgan fingerprint density at radius 2 is 1.36 bits per heavy atom. The van der Waals surface area contributed by atoms with Gasteiger partial charge in [0.2, 0.25) is 35.4 Å². The minimum atomic E-state index is -1.27. The number of aliphatic imine (C=N–C) groups is 1. The van der Waals surface area contributed by atoms with Gasteiger partial charge in [-0.15, -0.1) is 0 Å². The van der Waals surface area contributed by atoms with Gasteiger partial charge < -0.3 is 53.5 Å². The standard InChI is InChI=1S/C31H53N11O8/c1-16(2)10-22(28(47)41-21(30(49)50)8-7-9-35-31(32)33)40-25(44)14-36-26(45)18(5)38-27(46)23(11-17(3)4)42-29(48)24(39-19(6)43)12-20-13-34-15-37-20/h13,15-18,21-24H,7-12,14H2,1-6H3,(H,34,37)(H,36,45)(H,38,46)(H,39,43)(H,40,44)(H,41,47)(H,42,48)(H,49,50)(H4,32,33,35)/t18-,21-,22-,23-,24-/m0/s1. The number of imidazole rings is 1. The van der Waals surface area contributed by atoms with Gasteiger partial charge in [-0.25, -0.2) is 9.78 Å². The molecule has 0 unspecified atom stereocenters. The van der Waals surface area contributed by atoms with Gasteiger partial charge in [0.05, 0.1) is 12.9 Å². The number of carbonyl (C=O) groups excluding carboxylic acids is 6. The molecule has 0 spiro atoms. The maximum Gasteiger partial charge on any atom is 0.326 e. The number of carboxylic acids is 1. The average Bonchev–Trinajstić information content (AvgIpc) is 3.52. The Labute approximate surface area is 291 Å². The molecule has 0 fully saturated rings. The predicted octanol–water partition coefficient (Wildman–Crippen LogP) is -2.24. The van der Waals surface area contributed by atoms with Gasteiger partial charge in [-0.1, -0.05) is 27.7 Å². The van der Waals surface area contributed by atoms with Gasteiger partial charge in [-0.3, -0.25) is 33.8 Å². The Hall–Kier alpha value is -5.23. The normalized spacial score (nSPS) is 13.9. The number of carbonyl (C=O) groups is 7. The van der Waals surface area contributed by atoms with E-state index in [9.17, 15) is 38.7 Å². The van der Waals surface area contributed by atoms with Crippen LogP contribution < -0.4 is 43.4 Å². The second-order valence-corrected chi connectivity index (χ2v) is 12.8. The molecule has 19 heteroatoms. The van der Waals surface area contributed by atoms with Crippen molar-refractivity contribution in [1.29, 1.82) is 0 Å². The van der Waals surface area contributed by atoms with Crippen molar-refractivity contribution in [2.24, 2.45) is 28.3 Å². The number of guanidine groups is 1. The van der Waals surface area contributed by atoms with Gasteiger partial charge in [-0.05, 0) is 44.4 Å². The topological polar surface area (TPSA) is 305 Å². The molecule has 0 aromatic carbocycles. The van der Waals surface area contributed by atoms with Crippen LogP contribution in [0.4, 0.5) is 0 Å². The molecule has 0 aliphatic carbocycles. The van der Waals surface area contributed by atoms with Crippen molar-refractivity contribution in [3.63, 3.8) is 0 Å². The zero-order valence-electron chi connectivity index (χ0n) is 29.5. The van der Waals surface area contributed by atoms with E-state index in [1.165, 1.54) is 26.4 Å². The quantitative estimate of drug-likeness (QED) is 0.0349. The summed E-state index contributed by atoms with van der Waals surface area (Å²) in [6.07, 6.45) is 3.78. The number of hydrogen-bond donors (Lipinski definition) is 10. The SMILES string of the molecule is CC(=O)N[C@@H](Cc1cnc[nH]1)C(=O)N[C@@H](CC(C)C)C(=O)N[C@@H](C)C(=O)NCC(=O)N[C@@H](CC(C)C)C(=O)N[C@@H](CCCN=C(N)N)C(=O)O. The summed E-state index contributed by atoms with van der Waals surface area (Å²) < 4.78 is 0. The summed E-state index contributed by atoms with van der Waals surface area (Å²) in [6, 6.07) is -5.50. The summed E-state index contributed by atoms with van der Waals surface area (Å²) in [5.41, 5.74) is 11.1. The number of rotatable bonds is 22. The number of hydrogen-bond acceptors (Lipinski definition) is 9. The molecule has 1 aromatic heterocycles. The number of aromatic amines is 1. The van der Waals surface area contributed by atoms with Crippen molar-refractivity contribution in [2.45, 2.75) is 104 Å². The molecule has 0 aliphatic rings. The highest BCUT2D eigenvalue weighted by atomic mass is 16.4. The molecule has 50 heavy (non-hydrogen) atoms. The van der Waals surface area contributed by atoms with Crippen molar-refractivity contribution in [3.05, 3.63) is 18.2 Å².